The molecule has 5 rings (SSSR count). The lowest BCUT2D eigenvalue weighted by Crippen LogP contribution is -2.55. The lowest BCUT2D eigenvalue weighted by molar-refractivity contribution is -0.136. The Morgan fingerprint density at radius 1 is 1.11 bits per heavy atom. The number of hydrogen-bond acceptors (Lipinski definition) is 5. The molecule has 0 radical (unpaired) electrons. The summed E-state index contributed by atoms with van der Waals surface area (Å²) >= 11 is 1.54. The van der Waals surface area contributed by atoms with Crippen LogP contribution >= 0.6 is 11.3 Å². The highest BCUT2D eigenvalue weighted by atomic mass is 32.1. The van der Waals surface area contributed by atoms with E-state index in [1.807, 2.05) is 37.8 Å². The Labute approximate surface area is 221 Å². The molecule has 37 heavy (non-hydrogen) atoms. The van der Waals surface area contributed by atoms with E-state index < -0.39 is 11.5 Å². The second-order valence-corrected chi connectivity index (χ2v) is 12.5. The van der Waals surface area contributed by atoms with Crippen molar-refractivity contribution in [1.29, 1.82) is 0 Å². The molecule has 8 nitrogen and oxygen atoms in total. The zero-order chi connectivity index (χ0) is 26.2. The molecular weight excluding hydrogens is 486 g/mol. The third-order valence-electron chi connectivity index (χ3n) is 7.43. The van der Waals surface area contributed by atoms with Crippen molar-refractivity contribution in [2.45, 2.75) is 77.9 Å². The second-order valence-electron chi connectivity index (χ2n) is 11.3. The van der Waals surface area contributed by atoms with Gasteiger partial charge >= 0.3 is 0 Å². The van der Waals surface area contributed by atoms with Gasteiger partial charge in [0.15, 0.2) is 0 Å². The topological polar surface area (TPSA) is 107 Å². The van der Waals surface area contributed by atoms with Crippen LogP contribution in [-0.2, 0) is 17.8 Å². The Balaban J connectivity index is 1.27. The number of fused-ring (bicyclic) bond motifs is 2. The summed E-state index contributed by atoms with van der Waals surface area (Å²) in [5, 5.41) is 13.9. The molecule has 1 fully saturated rings. The molecule has 1 aromatic carbocycles. The van der Waals surface area contributed by atoms with Crippen LogP contribution in [0, 0.1) is 5.41 Å². The molecule has 2 aliphatic rings. The van der Waals surface area contributed by atoms with Crippen LogP contribution < -0.4 is 10.6 Å². The Bertz CT molecular complexity index is 1310. The smallest absolute Gasteiger partial charge is 0.261 e. The number of amides is 3. The SMILES string of the molecule is CC(C)(C)[C@@H](NC(=O)c1ccc2[nH]ncc2c1)C(=O)N1CCc2sc(C(=O)NC3CCCCC3)cc2C1. The number of carbonyl (C=O) groups is 3. The number of thiophene rings is 1. The number of H-pyrrole nitrogens is 1. The first-order valence-corrected chi connectivity index (χ1v) is 14.0. The van der Waals surface area contributed by atoms with Gasteiger partial charge in [-0.15, -0.1) is 11.3 Å². The first-order chi connectivity index (χ1) is 17.7. The minimum atomic E-state index is -0.686. The van der Waals surface area contributed by atoms with Crippen molar-refractivity contribution in [3.05, 3.63) is 51.3 Å². The van der Waals surface area contributed by atoms with Crippen molar-refractivity contribution >= 4 is 40.0 Å². The normalized spacial score (nSPS) is 17.3. The monoisotopic (exact) mass is 521 g/mol. The quantitative estimate of drug-likeness (QED) is 0.462. The summed E-state index contributed by atoms with van der Waals surface area (Å²) in [6.45, 7) is 6.90. The molecule has 3 amide bonds. The van der Waals surface area contributed by atoms with E-state index in [9.17, 15) is 14.4 Å². The molecule has 2 aromatic heterocycles. The summed E-state index contributed by atoms with van der Waals surface area (Å²) in [4.78, 5) is 43.4. The first kappa shape index (κ1) is 25.4. The van der Waals surface area contributed by atoms with Crippen LogP contribution in [-0.4, -0.2) is 51.4 Å². The fourth-order valence-corrected chi connectivity index (χ4v) is 6.33. The molecule has 0 unspecified atom stereocenters. The number of nitrogens with one attached hydrogen (secondary N) is 3. The van der Waals surface area contributed by atoms with Gasteiger partial charge in [-0.05, 0) is 54.5 Å². The van der Waals surface area contributed by atoms with Gasteiger partial charge in [0.25, 0.3) is 11.8 Å². The average molecular weight is 522 g/mol. The van der Waals surface area contributed by atoms with Crippen LogP contribution in [0.3, 0.4) is 0 Å². The lowest BCUT2D eigenvalue weighted by atomic mass is 9.85. The Morgan fingerprint density at radius 3 is 2.65 bits per heavy atom. The van der Waals surface area contributed by atoms with E-state index in [1.165, 1.54) is 24.1 Å². The van der Waals surface area contributed by atoms with Crippen molar-refractivity contribution < 1.29 is 14.4 Å². The highest BCUT2D eigenvalue weighted by Gasteiger charge is 2.37. The highest BCUT2D eigenvalue weighted by Crippen LogP contribution is 2.31. The van der Waals surface area contributed by atoms with E-state index in [1.54, 1.807) is 29.7 Å². The zero-order valence-electron chi connectivity index (χ0n) is 21.7. The molecule has 1 aliphatic carbocycles. The number of nitrogens with zero attached hydrogens (tertiary/aromatic N) is 2. The highest BCUT2D eigenvalue weighted by molar-refractivity contribution is 7.14. The summed E-state index contributed by atoms with van der Waals surface area (Å²) in [7, 11) is 0. The van der Waals surface area contributed by atoms with Crippen LogP contribution in [0.5, 0.6) is 0 Å². The minimum absolute atomic E-state index is 0.00130. The summed E-state index contributed by atoms with van der Waals surface area (Å²) in [6, 6.07) is 6.85. The van der Waals surface area contributed by atoms with Crippen LogP contribution in [0.1, 0.15) is 83.3 Å². The van der Waals surface area contributed by atoms with Crippen molar-refractivity contribution in [3.8, 4) is 0 Å². The maximum Gasteiger partial charge on any atom is 0.261 e. The van der Waals surface area contributed by atoms with Gasteiger partial charge in [0.1, 0.15) is 6.04 Å². The standard InChI is InChI=1S/C28H35N5O3S/c1-28(2,3)24(31-25(34)17-9-10-21-18(13-17)15-29-32-21)27(36)33-12-11-22-19(16-33)14-23(37-22)26(35)30-20-7-5-4-6-8-20/h9-10,13-15,20,24H,4-8,11-12,16H2,1-3H3,(H,29,32)(H,30,35)(H,31,34)/t24-/m0/s1. The van der Waals surface area contributed by atoms with Crippen LogP contribution in [0.2, 0.25) is 0 Å². The summed E-state index contributed by atoms with van der Waals surface area (Å²) in [6.07, 6.45) is 8.08. The van der Waals surface area contributed by atoms with E-state index >= 15 is 0 Å². The number of rotatable bonds is 5. The average Bonchev–Trinajstić information content (AvgIpc) is 3.52. The number of aromatic amines is 1. The van der Waals surface area contributed by atoms with Gasteiger partial charge in [-0.3, -0.25) is 19.5 Å². The Morgan fingerprint density at radius 2 is 1.89 bits per heavy atom. The van der Waals surface area contributed by atoms with Crippen molar-refractivity contribution in [1.82, 2.24) is 25.7 Å². The minimum Gasteiger partial charge on any atom is -0.349 e. The molecule has 3 heterocycles. The first-order valence-electron chi connectivity index (χ1n) is 13.1. The van der Waals surface area contributed by atoms with Gasteiger partial charge in [0, 0.05) is 35.0 Å². The molecule has 1 saturated carbocycles. The molecule has 3 aromatic rings. The Kier molecular flexibility index (Phi) is 7.07. The molecule has 0 spiro atoms. The fraction of sp³-hybridized carbons (Fsp3) is 0.500. The second kappa shape index (κ2) is 10.3. The maximum absolute atomic E-state index is 13.7. The number of hydrogen-bond donors (Lipinski definition) is 3. The van der Waals surface area contributed by atoms with Gasteiger partial charge in [0.2, 0.25) is 5.91 Å². The van der Waals surface area contributed by atoms with Crippen molar-refractivity contribution in [3.63, 3.8) is 0 Å². The van der Waals surface area contributed by atoms with Gasteiger partial charge < -0.3 is 15.5 Å². The molecule has 0 saturated heterocycles. The predicted octanol–water partition coefficient (Wildman–Crippen LogP) is 4.42. The largest absolute Gasteiger partial charge is 0.349 e. The van der Waals surface area contributed by atoms with Gasteiger partial charge in [-0.25, -0.2) is 0 Å². The lowest BCUT2D eigenvalue weighted by Gasteiger charge is -2.36. The van der Waals surface area contributed by atoms with E-state index in [0.29, 0.717) is 25.1 Å². The van der Waals surface area contributed by atoms with Gasteiger partial charge in [-0.2, -0.15) is 5.10 Å². The van der Waals surface area contributed by atoms with E-state index in [2.05, 4.69) is 20.8 Å². The molecule has 9 heteroatoms. The van der Waals surface area contributed by atoms with Gasteiger partial charge in [0.05, 0.1) is 16.6 Å². The van der Waals surface area contributed by atoms with Crippen LogP contribution in [0.15, 0.2) is 30.5 Å². The third kappa shape index (κ3) is 5.56. The molecule has 3 N–H and O–H groups in total. The van der Waals surface area contributed by atoms with Crippen molar-refractivity contribution in [2.75, 3.05) is 6.54 Å². The number of aromatic nitrogens is 2. The summed E-state index contributed by atoms with van der Waals surface area (Å²) < 4.78 is 0. The van der Waals surface area contributed by atoms with Crippen LogP contribution in [0.4, 0.5) is 0 Å². The van der Waals surface area contributed by atoms with Crippen LogP contribution in [0.25, 0.3) is 10.9 Å². The van der Waals surface area contributed by atoms with E-state index in [0.717, 1.165) is 34.2 Å². The number of benzene rings is 1. The van der Waals surface area contributed by atoms with Gasteiger partial charge in [-0.1, -0.05) is 40.0 Å². The summed E-state index contributed by atoms with van der Waals surface area (Å²) in [5.74, 6) is -0.389. The fourth-order valence-electron chi connectivity index (χ4n) is 5.27. The predicted molar refractivity (Wildman–Crippen MR) is 145 cm³/mol. The van der Waals surface area contributed by atoms with Crippen molar-refractivity contribution in [2.24, 2.45) is 5.41 Å². The van der Waals surface area contributed by atoms with E-state index in [4.69, 9.17) is 0 Å². The summed E-state index contributed by atoms with van der Waals surface area (Å²) in [5.41, 5.74) is 1.89. The third-order valence-corrected chi connectivity index (χ3v) is 8.67. The number of carbonyl (C=O) groups excluding carboxylic acids is 3. The molecule has 0 bridgehead atoms. The molecule has 1 atom stereocenters. The molecule has 1 aliphatic heterocycles. The van der Waals surface area contributed by atoms with E-state index in [-0.39, 0.29) is 23.8 Å². The molecular formula is C28H35N5O3S. The maximum atomic E-state index is 13.7. The molecule has 196 valence electrons. The zero-order valence-corrected chi connectivity index (χ0v) is 22.5. The Hall–Kier alpha value is -3.20.